The van der Waals surface area contributed by atoms with Crippen LogP contribution < -0.4 is 5.69 Å². The molecular formula is C12H12N2O5. The van der Waals surface area contributed by atoms with E-state index in [1.165, 1.54) is 30.7 Å². The van der Waals surface area contributed by atoms with Gasteiger partial charge in [-0.25, -0.2) is 14.4 Å². The lowest BCUT2D eigenvalue weighted by molar-refractivity contribution is -0.144. The molecule has 0 spiro atoms. The van der Waals surface area contributed by atoms with Crippen molar-refractivity contribution in [3.63, 3.8) is 0 Å². The van der Waals surface area contributed by atoms with Crippen LogP contribution in [0.5, 0.6) is 0 Å². The highest BCUT2D eigenvalue weighted by Crippen LogP contribution is 2.19. The minimum absolute atomic E-state index is 0.0228. The van der Waals surface area contributed by atoms with Crippen LogP contribution in [0.1, 0.15) is 23.3 Å². The molecule has 2 aromatic rings. The Labute approximate surface area is 107 Å². The molecule has 1 heterocycles. The highest BCUT2D eigenvalue weighted by molar-refractivity contribution is 6.01. The molecule has 0 aliphatic heterocycles. The van der Waals surface area contributed by atoms with Gasteiger partial charge in [0.15, 0.2) is 0 Å². The summed E-state index contributed by atoms with van der Waals surface area (Å²) in [6.45, 7) is 1.51. The molecule has 2 N–H and O–H groups in total. The molecule has 0 fully saturated rings. The predicted molar refractivity (Wildman–Crippen MR) is 66.2 cm³/mol. The molecule has 0 aliphatic carbocycles. The zero-order valence-electron chi connectivity index (χ0n) is 10.3. The zero-order valence-corrected chi connectivity index (χ0v) is 10.3. The Morgan fingerprint density at radius 2 is 2.11 bits per heavy atom. The number of imidazole rings is 1. The molecular weight excluding hydrogens is 252 g/mol. The Kier molecular flexibility index (Phi) is 3.12. The Hall–Kier alpha value is -2.57. The number of rotatable bonds is 3. The molecule has 0 amide bonds. The van der Waals surface area contributed by atoms with E-state index in [4.69, 9.17) is 5.11 Å². The summed E-state index contributed by atoms with van der Waals surface area (Å²) in [6, 6.07) is 3.63. The molecule has 0 saturated carbocycles. The summed E-state index contributed by atoms with van der Waals surface area (Å²) in [4.78, 5) is 36.9. The number of nitrogens with zero attached hydrogens (tertiary/aromatic N) is 1. The van der Waals surface area contributed by atoms with Crippen molar-refractivity contribution in [1.82, 2.24) is 9.55 Å². The maximum absolute atomic E-state index is 11.9. The van der Waals surface area contributed by atoms with Crippen LogP contribution in [0.25, 0.3) is 11.0 Å². The van der Waals surface area contributed by atoms with Gasteiger partial charge in [0.1, 0.15) is 6.04 Å². The quantitative estimate of drug-likeness (QED) is 0.797. The first-order chi connectivity index (χ1) is 8.97. The number of methoxy groups -OCH3 is 1. The van der Waals surface area contributed by atoms with Gasteiger partial charge in [0.2, 0.25) is 0 Å². The second kappa shape index (κ2) is 4.60. The van der Waals surface area contributed by atoms with Crippen LogP contribution in [0.3, 0.4) is 0 Å². The average Bonchev–Trinajstić information content (AvgIpc) is 2.72. The van der Waals surface area contributed by atoms with Gasteiger partial charge in [-0.3, -0.25) is 4.57 Å². The van der Waals surface area contributed by atoms with Crippen molar-refractivity contribution in [2.75, 3.05) is 7.11 Å². The molecule has 7 nitrogen and oxygen atoms in total. The monoisotopic (exact) mass is 264 g/mol. The summed E-state index contributed by atoms with van der Waals surface area (Å²) in [5.74, 6) is -1.73. The maximum Gasteiger partial charge on any atom is 0.337 e. The summed E-state index contributed by atoms with van der Waals surface area (Å²) < 4.78 is 5.76. The summed E-state index contributed by atoms with van der Waals surface area (Å²) in [5.41, 5.74) is -0.0365. The number of esters is 1. The van der Waals surface area contributed by atoms with E-state index in [1.807, 2.05) is 0 Å². The van der Waals surface area contributed by atoms with Gasteiger partial charge in [0.05, 0.1) is 23.7 Å². The molecule has 2 rings (SSSR count). The second-order valence-electron chi connectivity index (χ2n) is 4.00. The molecule has 100 valence electrons. The third-order valence-corrected chi connectivity index (χ3v) is 2.91. The fourth-order valence-electron chi connectivity index (χ4n) is 1.99. The number of aromatic amines is 1. The van der Waals surface area contributed by atoms with E-state index in [0.29, 0.717) is 5.52 Å². The van der Waals surface area contributed by atoms with Gasteiger partial charge < -0.3 is 14.8 Å². The van der Waals surface area contributed by atoms with Crippen LogP contribution in [0.15, 0.2) is 23.0 Å². The highest BCUT2D eigenvalue weighted by Gasteiger charge is 2.22. The molecule has 19 heavy (non-hydrogen) atoms. The van der Waals surface area contributed by atoms with Gasteiger partial charge >= 0.3 is 17.6 Å². The first kappa shape index (κ1) is 12.9. The Bertz CT molecular complexity index is 712. The fourth-order valence-corrected chi connectivity index (χ4v) is 1.99. The minimum atomic E-state index is -1.15. The van der Waals surface area contributed by atoms with E-state index < -0.39 is 23.7 Å². The third kappa shape index (κ3) is 1.99. The van der Waals surface area contributed by atoms with Gasteiger partial charge in [-0.2, -0.15) is 0 Å². The van der Waals surface area contributed by atoms with Gasteiger partial charge in [-0.05, 0) is 19.1 Å². The van der Waals surface area contributed by atoms with Crippen molar-refractivity contribution >= 4 is 23.0 Å². The topological polar surface area (TPSA) is 101 Å². The second-order valence-corrected chi connectivity index (χ2v) is 4.00. The van der Waals surface area contributed by atoms with Crippen molar-refractivity contribution in [2.45, 2.75) is 13.0 Å². The summed E-state index contributed by atoms with van der Waals surface area (Å²) >= 11 is 0. The number of H-pyrrole nitrogens is 1. The molecule has 0 aliphatic rings. The van der Waals surface area contributed by atoms with Gasteiger partial charge in [-0.15, -0.1) is 0 Å². The van der Waals surface area contributed by atoms with E-state index in [9.17, 15) is 14.4 Å². The van der Waals surface area contributed by atoms with Crippen LogP contribution >= 0.6 is 0 Å². The Balaban J connectivity index is 2.74. The molecule has 0 radical (unpaired) electrons. The molecule has 0 saturated heterocycles. The normalized spacial score (nSPS) is 12.3. The van der Waals surface area contributed by atoms with Crippen LogP contribution in [0, 0.1) is 0 Å². The Morgan fingerprint density at radius 3 is 2.68 bits per heavy atom. The summed E-state index contributed by atoms with van der Waals surface area (Å²) in [5, 5.41) is 9.05. The highest BCUT2D eigenvalue weighted by atomic mass is 16.5. The number of carboxylic acid groups (broad SMARTS) is 1. The number of hydrogen-bond acceptors (Lipinski definition) is 4. The standard InChI is InChI=1S/C12H12N2O5/c1-6(11(17)19-2)14-8-5-3-4-7(10(15)16)9(8)13-12(14)18/h3-6H,1-2H3,(H,13,18)(H,15,16). The number of carbonyl (C=O) groups excluding carboxylic acids is 1. The first-order valence-corrected chi connectivity index (χ1v) is 5.51. The lowest BCUT2D eigenvalue weighted by atomic mass is 10.2. The van der Waals surface area contributed by atoms with Gasteiger partial charge in [0, 0.05) is 0 Å². The molecule has 1 aromatic heterocycles. The Morgan fingerprint density at radius 1 is 1.42 bits per heavy atom. The number of fused-ring (bicyclic) bond motifs is 1. The molecule has 1 unspecified atom stereocenters. The van der Waals surface area contributed by atoms with Crippen LogP contribution in [0.2, 0.25) is 0 Å². The number of carboxylic acids is 1. The number of benzene rings is 1. The smallest absolute Gasteiger partial charge is 0.337 e. The van der Waals surface area contributed by atoms with Gasteiger partial charge in [0.25, 0.3) is 0 Å². The number of hydrogen-bond donors (Lipinski definition) is 2. The van der Waals surface area contributed by atoms with Crippen molar-refractivity contribution < 1.29 is 19.4 Å². The van der Waals surface area contributed by atoms with Gasteiger partial charge in [-0.1, -0.05) is 6.07 Å². The van der Waals surface area contributed by atoms with Crippen LogP contribution in [-0.2, 0) is 9.53 Å². The largest absolute Gasteiger partial charge is 0.478 e. The van der Waals surface area contributed by atoms with Crippen LogP contribution in [0.4, 0.5) is 0 Å². The first-order valence-electron chi connectivity index (χ1n) is 5.51. The zero-order chi connectivity index (χ0) is 14.2. The number of para-hydroxylation sites is 1. The van der Waals surface area contributed by atoms with Crippen molar-refractivity contribution in [3.05, 3.63) is 34.2 Å². The maximum atomic E-state index is 11.9. The third-order valence-electron chi connectivity index (χ3n) is 2.91. The number of nitrogens with one attached hydrogen (secondary N) is 1. The van der Waals surface area contributed by atoms with Crippen LogP contribution in [-0.4, -0.2) is 33.7 Å². The average molecular weight is 264 g/mol. The van der Waals surface area contributed by atoms with Crippen molar-refractivity contribution in [2.24, 2.45) is 0 Å². The number of ether oxygens (including phenoxy) is 1. The van der Waals surface area contributed by atoms with E-state index in [2.05, 4.69) is 9.72 Å². The van der Waals surface area contributed by atoms with E-state index in [0.717, 1.165) is 0 Å². The SMILES string of the molecule is COC(=O)C(C)n1c(=O)[nH]c2c(C(=O)O)cccc21. The van der Waals surface area contributed by atoms with Crippen molar-refractivity contribution in [1.29, 1.82) is 0 Å². The van der Waals surface area contributed by atoms with E-state index in [-0.39, 0.29) is 11.1 Å². The molecule has 7 heteroatoms. The number of carbonyl (C=O) groups is 2. The summed E-state index contributed by atoms with van der Waals surface area (Å²) in [6.07, 6.45) is 0. The van der Waals surface area contributed by atoms with E-state index in [1.54, 1.807) is 6.07 Å². The lowest BCUT2D eigenvalue weighted by Crippen LogP contribution is -2.26. The predicted octanol–water partition coefficient (Wildman–Crippen LogP) is 0.762. The van der Waals surface area contributed by atoms with E-state index >= 15 is 0 Å². The summed E-state index contributed by atoms with van der Waals surface area (Å²) in [7, 11) is 1.22. The molecule has 1 atom stereocenters. The molecule has 0 bridgehead atoms. The number of aromatic nitrogens is 2. The fraction of sp³-hybridized carbons (Fsp3) is 0.250. The molecule has 1 aromatic carbocycles. The minimum Gasteiger partial charge on any atom is -0.478 e. The lowest BCUT2D eigenvalue weighted by Gasteiger charge is -2.10. The van der Waals surface area contributed by atoms with Crippen molar-refractivity contribution in [3.8, 4) is 0 Å². The number of aromatic carboxylic acids is 1.